The van der Waals surface area contributed by atoms with E-state index in [1.54, 1.807) is 0 Å². The molecule has 8 heteroatoms. The topological polar surface area (TPSA) is 69.7 Å². The number of sulfonamides is 1. The summed E-state index contributed by atoms with van der Waals surface area (Å²) in [5.74, 6) is -0.212. The third-order valence-electron chi connectivity index (χ3n) is 5.52. The number of hydrogen-bond donors (Lipinski definition) is 1. The highest BCUT2D eigenvalue weighted by atomic mass is 35.5. The first-order valence-electron chi connectivity index (χ1n) is 10.9. The van der Waals surface area contributed by atoms with Crippen molar-refractivity contribution in [3.63, 3.8) is 0 Å². The van der Waals surface area contributed by atoms with Crippen LogP contribution in [0.1, 0.15) is 24.8 Å². The molecule has 6 nitrogen and oxygen atoms in total. The van der Waals surface area contributed by atoms with Crippen molar-refractivity contribution in [2.45, 2.75) is 30.6 Å². The molecule has 0 atom stereocenters. The molecular weight excluding hydrogens is 446 g/mol. The minimum Gasteiger partial charge on any atom is -0.325 e. The fourth-order valence-corrected chi connectivity index (χ4v) is 5.43. The van der Waals surface area contributed by atoms with Crippen LogP contribution in [-0.4, -0.2) is 56.3 Å². The second kappa shape index (κ2) is 11.6. The van der Waals surface area contributed by atoms with Crippen LogP contribution in [0.3, 0.4) is 0 Å². The first-order chi connectivity index (χ1) is 15.4. The zero-order chi connectivity index (χ0) is 23.0. The second-order valence-corrected chi connectivity index (χ2v) is 10.2. The van der Waals surface area contributed by atoms with Crippen LogP contribution in [0.15, 0.2) is 66.1 Å². The summed E-state index contributed by atoms with van der Waals surface area (Å²) in [4.78, 5) is 14.9. The lowest BCUT2D eigenvalue weighted by Gasteiger charge is -2.20. The summed E-state index contributed by atoms with van der Waals surface area (Å²) >= 11 is 6.23. The van der Waals surface area contributed by atoms with E-state index < -0.39 is 10.0 Å². The number of rotatable bonds is 11. The van der Waals surface area contributed by atoms with E-state index in [4.69, 9.17) is 11.6 Å². The van der Waals surface area contributed by atoms with Crippen LogP contribution in [0.4, 0.5) is 5.69 Å². The number of nitrogens with zero attached hydrogens (tertiary/aromatic N) is 2. The van der Waals surface area contributed by atoms with Gasteiger partial charge < -0.3 is 5.32 Å². The molecule has 1 amide bonds. The van der Waals surface area contributed by atoms with Crippen LogP contribution in [0.2, 0.25) is 5.02 Å². The van der Waals surface area contributed by atoms with E-state index in [1.807, 2.05) is 24.3 Å². The van der Waals surface area contributed by atoms with Gasteiger partial charge in [0.25, 0.3) is 0 Å². The number of carbonyl (C=O) groups is 1. The van der Waals surface area contributed by atoms with Gasteiger partial charge >= 0.3 is 0 Å². The first-order valence-corrected chi connectivity index (χ1v) is 12.7. The summed E-state index contributed by atoms with van der Waals surface area (Å²) in [5, 5.41) is 3.09. The predicted octanol–water partition coefficient (Wildman–Crippen LogP) is 4.18. The van der Waals surface area contributed by atoms with E-state index in [1.165, 1.54) is 28.1 Å². The molecule has 0 aromatic heterocycles. The molecule has 0 spiro atoms. The Morgan fingerprint density at radius 3 is 2.53 bits per heavy atom. The van der Waals surface area contributed by atoms with Gasteiger partial charge in [-0.05, 0) is 43.0 Å². The Bertz CT molecular complexity index is 1020. The summed E-state index contributed by atoms with van der Waals surface area (Å²) in [6.45, 7) is 6.91. The summed E-state index contributed by atoms with van der Waals surface area (Å²) in [6.07, 6.45) is 4.71. The molecule has 3 rings (SSSR count). The minimum absolute atomic E-state index is 0.148. The van der Waals surface area contributed by atoms with Crippen molar-refractivity contribution in [3.05, 3.63) is 71.8 Å². The molecule has 2 aromatic rings. The van der Waals surface area contributed by atoms with Gasteiger partial charge in [0.2, 0.25) is 15.9 Å². The van der Waals surface area contributed by atoms with E-state index >= 15 is 0 Å². The number of amides is 1. The minimum atomic E-state index is -3.58. The van der Waals surface area contributed by atoms with Gasteiger partial charge in [0.15, 0.2) is 0 Å². The number of carbonyl (C=O) groups excluding carboxylic acids is 1. The maximum Gasteiger partial charge on any atom is 0.243 e. The van der Waals surface area contributed by atoms with Crippen LogP contribution in [-0.2, 0) is 21.2 Å². The van der Waals surface area contributed by atoms with Crippen molar-refractivity contribution in [3.8, 4) is 0 Å². The predicted molar refractivity (Wildman–Crippen MR) is 129 cm³/mol. The van der Waals surface area contributed by atoms with Crippen molar-refractivity contribution >= 4 is 33.2 Å². The van der Waals surface area contributed by atoms with Gasteiger partial charge in [-0.15, -0.1) is 6.58 Å². The SMILES string of the molecule is C=CCN(CCC(=O)Nc1cc(S(=O)(=O)N2CCCC2)ccc1Cl)CCc1ccccc1. The molecule has 2 aromatic carbocycles. The van der Waals surface area contributed by atoms with E-state index in [2.05, 4.69) is 28.9 Å². The molecule has 1 aliphatic heterocycles. The monoisotopic (exact) mass is 475 g/mol. The number of hydrogen-bond acceptors (Lipinski definition) is 4. The second-order valence-electron chi connectivity index (χ2n) is 7.88. The molecule has 32 heavy (non-hydrogen) atoms. The molecule has 172 valence electrons. The van der Waals surface area contributed by atoms with Gasteiger partial charge in [-0.25, -0.2) is 8.42 Å². The van der Waals surface area contributed by atoms with Crippen molar-refractivity contribution in [2.75, 3.05) is 38.0 Å². The molecular formula is C24H30ClN3O3S. The lowest BCUT2D eigenvalue weighted by molar-refractivity contribution is -0.116. The Hall–Kier alpha value is -2.19. The lowest BCUT2D eigenvalue weighted by atomic mass is 10.1. The number of benzene rings is 2. The molecule has 0 bridgehead atoms. The largest absolute Gasteiger partial charge is 0.325 e. The van der Waals surface area contributed by atoms with Crippen LogP contribution in [0.25, 0.3) is 0 Å². The first kappa shape index (κ1) is 24.5. The van der Waals surface area contributed by atoms with Gasteiger partial charge in [-0.3, -0.25) is 9.69 Å². The van der Waals surface area contributed by atoms with Gasteiger partial charge in [-0.2, -0.15) is 4.31 Å². The maximum atomic E-state index is 12.8. The number of anilines is 1. The Kier molecular flexibility index (Phi) is 8.87. The highest BCUT2D eigenvalue weighted by Crippen LogP contribution is 2.28. The van der Waals surface area contributed by atoms with E-state index in [9.17, 15) is 13.2 Å². The highest BCUT2D eigenvalue weighted by molar-refractivity contribution is 7.89. The third kappa shape index (κ3) is 6.65. The highest BCUT2D eigenvalue weighted by Gasteiger charge is 2.27. The third-order valence-corrected chi connectivity index (χ3v) is 7.74. The summed E-state index contributed by atoms with van der Waals surface area (Å²) in [7, 11) is -3.58. The molecule has 0 radical (unpaired) electrons. The summed E-state index contributed by atoms with van der Waals surface area (Å²) in [6, 6.07) is 14.7. The standard InChI is InChI=1S/C24H30ClN3O3S/c1-2-14-27(17-12-20-8-4-3-5-9-20)18-13-24(29)26-23-19-21(10-11-22(23)25)32(30,31)28-15-6-7-16-28/h2-5,8-11,19H,1,6-7,12-18H2,(H,26,29). The fourth-order valence-electron chi connectivity index (χ4n) is 3.72. The normalized spacial score (nSPS) is 14.6. The molecule has 1 fully saturated rings. The quantitative estimate of drug-likeness (QED) is 0.495. The van der Waals surface area contributed by atoms with Crippen LogP contribution in [0, 0.1) is 0 Å². The molecule has 0 saturated carbocycles. The van der Waals surface area contributed by atoms with Crippen LogP contribution in [0.5, 0.6) is 0 Å². The zero-order valence-corrected chi connectivity index (χ0v) is 19.7. The zero-order valence-electron chi connectivity index (χ0n) is 18.2. The summed E-state index contributed by atoms with van der Waals surface area (Å²) in [5.41, 5.74) is 1.56. The molecule has 1 heterocycles. The number of halogens is 1. The lowest BCUT2D eigenvalue weighted by Crippen LogP contribution is -2.30. The summed E-state index contributed by atoms with van der Waals surface area (Å²) < 4.78 is 27.1. The van der Waals surface area contributed by atoms with Gasteiger partial charge in [-0.1, -0.05) is 48.0 Å². The molecule has 0 aliphatic carbocycles. The van der Waals surface area contributed by atoms with Crippen molar-refractivity contribution in [1.29, 1.82) is 0 Å². The van der Waals surface area contributed by atoms with Crippen LogP contribution >= 0.6 is 11.6 Å². The van der Waals surface area contributed by atoms with E-state index in [-0.39, 0.29) is 17.2 Å². The molecule has 1 aliphatic rings. The van der Waals surface area contributed by atoms with Gasteiger partial charge in [0.1, 0.15) is 0 Å². The Morgan fingerprint density at radius 2 is 1.84 bits per heavy atom. The number of nitrogens with one attached hydrogen (secondary N) is 1. The van der Waals surface area contributed by atoms with E-state index in [0.29, 0.717) is 36.9 Å². The van der Waals surface area contributed by atoms with Crippen molar-refractivity contribution in [2.24, 2.45) is 0 Å². The van der Waals surface area contributed by atoms with Crippen molar-refractivity contribution in [1.82, 2.24) is 9.21 Å². The van der Waals surface area contributed by atoms with E-state index in [0.717, 1.165) is 25.8 Å². The Morgan fingerprint density at radius 1 is 1.12 bits per heavy atom. The van der Waals surface area contributed by atoms with Gasteiger partial charge in [0, 0.05) is 39.1 Å². The Labute approximate surface area is 195 Å². The molecule has 0 unspecified atom stereocenters. The Balaban J connectivity index is 1.59. The fraction of sp³-hybridized carbons (Fsp3) is 0.375. The average Bonchev–Trinajstić information content (AvgIpc) is 3.34. The maximum absolute atomic E-state index is 12.8. The van der Waals surface area contributed by atoms with Crippen molar-refractivity contribution < 1.29 is 13.2 Å². The van der Waals surface area contributed by atoms with Gasteiger partial charge in [0.05, 0.1) is 15.6 Å². The molecule has 1 saturated heterocycles. The van der Waals surface area contributed by atoms with Crippen LogP contribution < -0.4 is 5.32 Å². The smallest absolute Gasteiger partial charge is 0.243 e. The molecule has 1 N–H and O–H groups in total. The average molecular weight is 476 g/mol.